The maximum absolute atomic E-state index is 13.6. The van der Waals surface area contributed by atoms with Crippen LogP contribution in [0.3, 0.4) is 0 Å². The van der Waals surface area contributed by atoms with Gasteiger partial charge in [0.25, 0.3) is 0 Å². The van der Waals surface area contributed by atoms with Crippen molar-refractivity contribution in [1.29, 1.82) is 0 Å². The van der Waals surface area contributed by atoms with E-state index < -0.39 is 5.41 Å². The van der Waals surface area contributed by atoms with E-state index in [-0.39, 0.29) is 43.1 Å². The van der Waals surface area contributed by atoms with E-state index in [0.29, 0.717) is 0 Å². The molecule has 1 saturated heterocycles. The van der Waals surface area contributed by atoms with Gasteiger partial charge in [-0.2, -0.15) is 0 Å². The van der Waals surface area contributed by atoms with E-state index in [2.05, 4.69) is 4.98 Å². The van der Waals surface area contributed by atoms with E-state index in [4.69, 9.17) is 0 Å². The number of hydrogen-bond donors (Lipinski definition) is 0. The first-order valence-corrected chi connectivity index (χ1v) is 9.82. The maximum atomic E-state index is 13.6. The summed E-state index contributed by atoms with van der Waals surface area (Å²) in [5.74, 6) is -0.721. The third-order valence-electron chi connectivity index (χ3n) is 5.75. The molecule has 29 heavy (non-hydrogen) atoms. The summed E-state index contributed by atoms with van der Waals surface area (Å²) in [4.78, 5) is 46.5. The van der Waals surface area contributed by atoms with Gasteiger partial charge >= 0.3 is 0 Å². The zero-order valence-corrected chi connectivity index (χ0v) is 17.4. The Balaban J connectivity index is 2.02. The van der Waals surface area contributed by atoms with Gasteiger partial charge in [0.15, 0.2) is 0 Å². The van der Waals surface area contributed by atoms with E-state index in [9.17, 15) is 14.4 Å². The Hall–Kier alpha value is -3.02. The minimum absolute atomic E-state index is 0.00533. The second-order valence-corrected chi connectivity index (χ2v) is 8.00. The van der Waals surface area contributed by atoms with Gasteiger partial charge in [-0.05, 0) is 43.5 Å². The number of likely N-dealkylation sites (tertiary alicyclic amines) is 1. The Bertz CT molecular complexity index is 926. The molecule has 6 heteroatoms. The van der Waals surface area contributed by atoms with Crippen LogP contribution in [0.4, 0.5) is 0 Å². The number of nitrogens with zero attached hydrogens (tertiary/aromatic N) is 3. The summed E-state index contributed by atoms with van der Waals surface area (Å²) >= 11 is 0. The van der Waals surface area contributed by atoms with Crippen LogP contribution in [0, 0.1) is 6.92 Å². The number of pyridine rings is 1. The fraction of sp³-hybridized carbons (Fsp3) is 0.391. The molecule has 1 aromatic carbocycles. The number of carbonyl (C=O) groups is 3. The Labute approximate surface area is 171 Å². The predicted molar refractivity (Wildman–Crippen MR) is 110 cm³/mol. The molecule has 0 bridgehead atoms. The van der Waals surface area contributed by atoms with Crippen LogP contribution in [0.2, 0.25) is 0 Å². The van der Waals surface area contributed by atoms with Gasteiger partial charge in [-0.1, -0.05) is 30.3 Å². The second kappa shape index (κ2) is 8.15. The lowest BCUT2D eigenvalue weighted by Crippen LogP contribution is -2.44. The van der Waals surface area contributed by atoms with Gasteiger partial charge in [0.05, 0.1) is 12.0 Å². The first-order valence-electron chi connectivity index (χ1n) is 9.82. The van der Waals surface area contributed by atoms with E-state index in [1.165, 1.54) is 4.90 Å². The topological polar surface area (TPSA) is 70.6 Å². The SMILES string of the molecule is Cc1ccccc1C1(CC(=O)N(C)C(C)C)CC(=O)N(Cc2cccnc2)C1=O. The van der Waals surface area contributed by atoms with Gasteiger partial charge < -0.3 is 4.90 Å². The van der Waals surface area contributed by atoms with Gasteiger partial charge in [0.2, 0.25) is 17.7 Å². The van der Waals surface area contributed by atoms with Gasteiger partial charge in [0.1, 0.15) is 0 Å². The van der Waals surface area contributed by atoms with Gasteiger partial charge in [-0.3, -0.25) is 24.3 Å². The maximum Gasteiger partial charge on any atom is 0.241 e. The van der Waals surface area contributed by atoms with Gasteiger partial charge in [-0.15, -0.1) is 0 Å². The smallest absolute Gasteiger partial charge is 0.241 e. The van der Waals surface area contributed by atoms with Crippen molar-refractivity contribution in [2.75, 3.05) is 7.05 Å². The second-order valence-electron chi connectivity index (χ2n) is 8.00. The van der Waals surface area contributed by atoms with Crippen LogP contribution < -0.4 is 0 Å². The number of benzene rings is 1. The van der Waals surface area contributed by atoms with Gasteiger partial charge in [0, 0.05) is 38.3 Å². The molecule has 152 valence electrons. The predicted octanol–water partition coefficient (Wildman–Crippen LogP) is 2.84. The monoisotopic (exact) mass is 393 g/mol. The zero-order valence-electron chi connectivity index (χ0n) is 17.4. The average molecular weight is 393 g/mol. The average Bonchev–Trinajstić information content (AvgIpc) is 2.93. The van der Waals surface area contributed by atoms with Crippen LogP contribution in [0.25, 0.3) is 0 Å². The Kier molecular flexibility index (Phi) is 5.82. The largest absolute Gasteiger partial charge is 0.343 e. The van der Waals surface area contributed by atoms with E-state index >= 15 is 0 Å². The zero-order chi connectivity index (χ0) is 21.2. The van der Waals surface area contributed by atoms with Crippen LogP contribution in [0.5, 0.6) is 0 Å². The molecule has 0 saturated carbocycles. The molecule has 0 N–H and O–H groups in total. The third kappa shape index (κ3) is 3.92. The molecule has 0 spiro atoms. The first-order chi connectivity index (χ1) is 13.8. The summed E-state index contributed by atoms with van der Waals surface area (Å²) < 4.78 is 0. The lowest BCUT2D eigenvalue weighted by atomic mass is 9.74. The quantitative estimate of drug-likeness (QED) is 0.708. The molecule has 1 fully saturated rings. The van der Waals surface area contributed by atoms with E-state index in [0.717, 1.165) is 16.7 Å². The molecule has 3 rings (SSSR count). The first kappa shape index (κ1) is 20.7. The van der Waals surface area contributed by atoms with Crippen LogP contribution in [0.15, 0.2) is 48.8 Å². The minimum Gasteiger partial charge on any atom is -0.343 e. The molecule has 1 aliphatic heterocycles. The highest BCUT2D eigenvalue weighted by molar-refractivity contribution is 6.10. The summed E-state index contributed by atoms with van der Waals surface area (Å²) in [6, 6.07) is 11.1. The molecule has 1 aliphatic rings. The van der Waals surface area contributed by atoms with Crippen LogP contribution in [-0.2, 0) is 26.3 Å². The molecule has 1 atom stereocenters. The lowest BCUT2D eigenvalue weighted by molar-refractivity contribution is -0.143. The van der Waals surface area contributed by atoms with Crippen molar-refractivity contribution in [2.45, 2.75) is 51.6 Å². The Morgan fingerprint density at radius 1 is 1.21 bits per heavy atom. The summed E-state index contributed by atoms with van der Waals surface area (Å²) in [5.41, 5.74) is 1.25. The molecule has 2 heterocycles. The third-order valence-corrected chi connectivity index (χ3v) is 5.75. The Morgan fingerprint density at radius 2 is 1.93 bits per heavy atom. The number of hydrogen-bond acceptors (Lipinski definition) is 4. The minimum atomic E-state index is -1.18. The number of aromatic nitrogens is 1. The summed E-state index contributed by atoms with van der Waals surface area (Å²) in [5, 5.41) is 0. The number of carbonyl (C=O) groups excluding carboxylic acids is 3. The number of imide groups is 1. The van der Waals surface area contributed by atoms with E-state index in [1.807, 2.05) is 51.1 Å². The van der Waals surface area contributed by atoms with E-state index in [1.54, 1.807) is 30.4 Å². The van der Waals surface area contributed by atoms with Crippen molar-refractivity contribution in [3.63, 3.8) is 0 Å². The molecule has 0 radical (unpaired) electrons. The fourth-order valence-corrected chi connectivity index (χ4v) is 3.86. The Morgan fingerprint density at radius 3 is 2.55 bits per heavy atom. The highest BCUT2D eigenvalue weighted by Gasteiger charge is 2.54. The van der Waals surface area contributed by atoms with Crippen molar-refractivity contribution >= 4 is 17.7 Å². The van der Waals surface area contributed by atoms with Crippen molar-refractivity contribution in [2.24, 2.45) is 0 Å². The van der Waals surface area contributed by atoms with Crippen molar-refractivity contribution in [3.8, 4) is 0 Å². The normalized spacial score (nSPS) is 19.1. The number of amides is 3. The van der Waals surface area contributed by atoms with Crippen LogP contribution in [0.1, 0.15) is 43.4 Å². The van der Waals surface area contributed by atoms with Crippen LogP contribution >= 0.6 is 0 Å². The number of rotatable bonds is 6. The lowest BCUT2D eigenvalue weighted by Gasteiger charge is -2.31. The summed E-state index contributed by atoms with van der Waals surface area (Å²) in [6.07, 6.45) is 3.26. The standard InChI is InChI=1S/C23H27N3O3/c1-16(2)25(4)20(27)12-23(19-10-6-5-8-17(19)3)13-21(28)26(22(23)29)15-18-9-7-11-24-14-18/h5-11,14,16H,12-13,15H2,1-4H3. The molecule has 1 unspecified atom stereocenters. The molecule has 6 nitrogen and oxygen atoms in total. The van der Waals surface area contributed by atoms with Gasteiger partial charge in [-0.25, -0.2) is 0 Å². The molecular formula is C23H27N3O3. The summed E-state index contributed by atoms with van der Waals surface area (Å²) in [6.45, 7) is 5.92. The van der Waals surface area contributed by atoms with Crippen molar-refractivity contribution in [3.05, 3.63) is 65.5 Å². The molecule has 2 aromatic rings. The highest BCUT2D eigenvalue weighted by Crippen LogP contribution is 2.42. The molecule has 1 aromatic heterocycles. The highest BCUT2D eigenvalue weighted by atomic mass is 16.2. The van der Waals surface area contributed by atoms with Crippen LogP contribution in [-0.4, -0.2) is 45.6 Å². The molecular weight excluding hydrogens is 366 g/mol. The number of aryl methyl sites for hydroxylation is 1. The summed E-state index contributed by atoms with van der Waals surface area (Å²) in [7, 11) is 1.73. The van der Waals surface area contributed by atoms with Crippen molar-refractivity contribution in [1.82, 2.24) is 14.8 Å². The van der Waals surface area contributed by atoms with Crippen molar-refractivity contribution < 1.29 is 14.4 Å². The fourth-order valence-electron chi connectivity index (χ4n) is 3.86. The molecule has 3 amide bonds. The molecule has 0 aliphatic carbocycles.